The van der Waals surface area contributed by atoms with Gasteiger partial charge in [-0.1, -0.05) is 30.3 Å². The maximum Gasteiger partial charge on any atom is 0.187 e. The van der Waals surface area contributed by atoms with Crippen molar-refractivity contribution in [2.75, 3.05) is 45.2 Å². The average Bonchev–Trinajstić information content (AvgIpc) is 2.84. The van der Waals surface area contributed by atoms with E-state index in [9.17, 15) is 13.6 Å². The number of carbonyl (C=O) groups is 1. The summed E-state index contributed by atoms with van der Waals surface area (Å²) in [5.74, 6) is -1.03. The van der Waals surface area contributed by atoms with Crippen LogP contribution in [0, 0.1) is 11.6 Å². The van der Waals surface area contributed by atoms with Crippen LogP contribution in [0.4, 0.5) is 14.5 Å². The second-order valence-corrected chi connectivity index (χ2v) is 8.06. The van der Waals surface area contributed by atoms with Crippen molar-refractivity contribution in [3.8, 4) is 16.9 Å². The summed E-state index contributed by atoms with van der Waals surface area (Å²) in [5, 5.41) is 0. The number of hydrogen-bond donors (Lipinski definition) is 0. The van der Waals surface area contributed by atoms with Gasteiger partial charge in [-0.3, -0.25) is 4.79 Å². The predicted molar refractivity (Wildman–Crippen MR) is 128 cm³/mol. The Bertz CT molecular complexity index is 1160. The molecule has 1 aliphatic rings. The van der Waals surface area contributed by atoms with Crippen molar-refractivity contribution >= 4 is 17.5 Å². The van der Waals surface area contributed by atoms with Crippen LogP contribution in [0.5, 0.6) is 5.75 Å². The molecule has 0 aromatic heterocycles. The fourth-order valence-corrected chi connectivity index (χ4v) is 4.03. The van der Waals surface area contributed by atoms with E-state index in [4.69, 9.17) is 4.74 Å². The van der Waals surface area contributed by atoms with Gasteiger partial charge in [-0.25, -0.2) is 8.78 Å². The van der Waals surface area contributed by atoms with Crippen LogP contribution >= 0.6 is 0 Å². The van der Waals surface area contributed by atoms with Crippen LogP contribution in [0.1, 0.15) is 15.9 Å². The Morgan fingerprint density at radius 3 is 2.33 bits per heavy atom. The van der Waals surface area contributed by atoms with E-state index in [1.165, 1.54) is 30.4 Å². The normalized spacial score (nSPS) is 14.6. The smallest absolute Gasteiger partial charge is 0.187 e. The van der Waals surface area contributed by atoms with E-state index in [-0.39, 0.29) is 11.3 Å². The molecule has 6 heteroatoms. The number of allylic oxidation sites excluding steroid dienone is 1. The highest BCUT2D eigenvalue weighted by atomic mass is 19.1. The number of piperazine rings is 1. The summed E-state index contributed by atoms with van der Waals surface area (Å²) in [7, 11) is 3.68. The number of carbonyl (C=O) groups excluding carboxylic acids is 1. The lowest BCUT2D eigenvalue weighted by atomic mass is 9.97. The molecule has 3 aromatic carbocycles. The van der Waals surface area contributed by atoms with E-state index in [1.807, 2.05) is 42.5 Å². The molecular weight excluding hydrogens is 422 g/mol. The van der Waals surface area contributed by atoms with Crippen LogP contribution in [0.3, 0.4) is 0 Å². The molecule has 0 spiro atoms. The first kappa shape index (κ1) is 22.7. The van der Waals surface area contributed by atoms with Crippen LogP contribution in [-0.4, -0.2) is 51.0 Å². The van der Waals surface area contributed by atoms with Crippen molar-refractivity contribution < 1.29 is 18.3 Å². The fourth-order valence-electron chi connectivity index (χ4n) is 4.03. The lowest BCUT2D eigenvalue weighted by Crippen LogP contribution is -2.45. The van der Waals surface area contributed by atoms with Crippen LogP contribution in [0.2, 0.25) is 0 Å². The highest BCUT2D eigenvalue weighted by Crippen LogP contribution is 2.34. The van der Waals surface area contributed by atoms with Crippen LogP contribution in [0.25, 0.3) is 17.2 Å². The molecule has 1 aliphatic heterocycles. The van der Waals surface area contributed by atoms with Crippen molar-refractivity contribution in [2.45, 2.75) is 0 Å². The molecule has 0 aliphatic carbocycles. The van der Waals surface area contributed by atoms with E-state index < -0.39 is 11.6 Å². The highest BCUT2D eigenvalue weighted by Gasteiger charge is 2.21. The van der Waals surface area contributed by atoms with Gasteiger partial charge in [0.1, 0.15) is 17.4 Å². The van der Waals surface area contributed by atoms with Gasteiger partial charge in [-0.15, -0.1) is 0 Å². The predicted octanol–water partition coefficient (Wildman–Crippen LogP) is 5.29. The number of benzene rings is 3. The number of likely N-dealkylation sites (N-methyl/N-ethyl adjacent to an activating group) is 1. The first-order valence-corrected chi connectivity index (χ1v) is 10.9. The Kier molecular flexibility index (Phi) is 6.84. The largest absolute Gasteiger partial charge is 0.496 e. The summed E-state index contributed by atoms with van der Waals surface area (Å²) in [4.78, 5) is 17.7. The van der Waals surface area contributed by atoms with E-state index in [1.54, 1.807) is 7.11 Å². The van der Waals surface area contributed by atoms with Crippen LogP contribution < -0.4 is 9.64 Å². The number of ether oxygens (including phenoxy) is 1. The number of halogens is 2. The number of para-hydroxylation sites is 1. The van der Waals surface area contributed by atoms with Gasteiger partial charge < -0.3 is 14.5 Å². The van der Waals surface area contributed by atoms with Gasteiger partial charge in [0, 0.05) is 48.6 Å². The monoisotopic (exact) mass is 448 g/mol. The fraction of sp³-hybridized carbons (Fsp3) is 0.222. The van der Waals surface area contributed by atoms with Crippen molar-refractivity contribution in [2.24, 2.45) is 0 Å². The lowest BCUT2D eigenvalue weighted by Gasteiger charge is -2.35. The summed E-state index contributed by atoms with van der Waals surface area (Å²) < 4.78 is 33.6. The number of nitrogens with zero attached hydrogens (tertiary/aromatic N) is 2. The average molecular weight is 449 g/mol. The first-order chi connectivity index (χ1) is 16.0. The minimum atomic E-state index is -0.707. The first-order valence-electron chi connectivity index (χ1n) is 10.9. The number of methoxy groups -OCH3 is 1. The highest BCUT2D eigenvalue weighted by molar-refractivity contribution is 6.11. The summed E-state index contributed by atoms with van der Waals surface area (Å²) in [5.41, 5.74) is 2.76. The van der Waals surface area contributed by atoms with Gasteiger partial charge in [0.25, 0.3) is 0 Å². The standard InChI is InChI=1S/C27H26F2N2O2/c1-30-14-16-31(17-15-30)25-12-10-19(20-6-3-4-9-27(20)33-2)18-22(25)26(32)13-11-21-23(28)7-5-8-24(21)29/h3-13,18H,14-17H2,1-2H3/b13-11+. The molecule has 3 aromatic rings. The minimum Gasteiger partial charge on any atom is -0.496 e. The lowest BCUT2D eigenvalue weighted by molar-refractivity contribution is 0.104. The number of ketones is 1. The molecule has 0 bridgehead atoms. The van der Waals surface area contributed by atoms with Crippen LogP contribution in [0.15, 0.2) is 66.7 Å². The topological polar surface area (TPSA) is 32.8 Å². The quantitative estimate of drug-likeness (QED) is 0.379. The Labute approximate surface area is 192 Å². The van der Waals surface area contributed by atoms with E-state index in [0.717, 1.165) is 43.0 Å². The van der Waals surface area contributed by atoms with Gasteiger partial charge in [0.05, 0.1) is 7.11 Å². The van der Waals surface area contributed by atoms with E-state index in [0.29, 0.717) is 11.3 Å². The molecule has 0 amide bonds. The molecule has 4 rings (SSSR count). The van der Waals surface area contributed by atoms with E-state index >= 15 is 0 Å². The van der Waals surface area contributed by atoms with Crippen LogP contribution in [-0.2, 0) is 0 Å². The molecule has 0 radical (unpaired) electrons. The third-order valence-electron chi connectivity index (χ3n) is 5.93. The molecule has 170 valence electrons. The minimum absolute atomic E-state index is 0.229. The summed E-state index contributed by atoms with van der Waals surface area (Å²) in [6.07, 6.45) is 2.44. The molecule has 0 N–H and O–H groups in total. The number of rotatable bonds is 6. The molecule has 4 nitrogen and oxygen atoms in total. The Hall–Kier alpha value is -3.51. The zero-order chi connectivity index (χ0) is 23.4. The Balaban J connectivity index is 1.75. The van der Waals surface area contributed by atoms with Gasteiger partial charge >= 0.3 is 0 Å². The SMILES string of the molecule is COc1ccccc1-c1ccc(N2CCN(C)CC2)c(C(=O)/C=C/c2c(F)cccc2F)c1. The van der Waals surface area contributed by atoms with Crippen molar-refractivity contribution in [3.63, 3.8) is 0 Å². The third-order valence-corrected chi connectivity index (χ3v) is 5.93. The Morgan fingerprint density at radius 1 is 0.939 bits per heavy atom. The van der Waals surface area contributed by atoms with Gasteiger partial charge in [0.15, 0.2) is 5.78 Å². The second kappa shape index (κ2) is 9.96. The molecule has 33 heavy (non-hydrogen) atoms. The maximum absolute atomic E-state index is 14.0. The zero-order valence-electron chi connectivity index (χ0n) is 18.7. The molecule has 1 heterocycles. The Morgan fingerprint density at radius 2 is 1.64 bits per heavy atom. The maximum atomic E-state index is 14.0. The van der Waals surface area contributed by atoms with Crippen molar-refractivity contribution in [3.05, 3.63) is 89.5 Å². The summed E-state index contributed by atoms with van der Waals surface area (Å²) in [6, 6.07) is 17.0. The van der Waals surface area contributed by atoms with Crippen molar-refractivity contribution in [1.82, 2.24) is 4.90 Å². The van der Waals surface area contributed by atoms with Gasteiger partial charge in [0.2, 0.25) is 0 Å². The third kappa shape index (κ3) is 4.96. The molecule has 0 saturated carbocycles. The summed E-state index contributed by atoms with van der Waals surface area (Å²) >= 11 is 0. The van der Waals surface area contributed by atoms with Crippen molar-refractivity contribution in [1.29, 1.82) is 0 Å². The molecule has 0 unspecified atom stereocenters. The van der Waals surface area contributed by atoms with Gasteiger partial charge in [-0.2, -0.15) is 0 Å². The molecule has 1 fully saturated rings. The molecule has 1 saturated heterocycles. The van der Waals surface area contributed by atoms with Gasteiger partial charge in [-0.05, 0) is 55.1 Å². The second-order valence-electron chi connectivity index (χ2n) is 8.06. The molecular formula is C27H26F2N2O2. The summed E-state index contributed by atoms with van der Waals surface area (Å²) in [6.45, 7) is 3.35. The zero-order valence-corrected chi connectivity index (χ0v) is 18.7. The molecule has 0 atom stereocenters. The number of hydrogen-bond acceptors (Lipinski definition) is 4. The van der Waals surface area contributed by atoms with E-state index in [2.05, 4.69) is 16.8 Å². The number of anilines is 1.